The first-order valence-electron chi connectivity index (χ1n) is 7.90. The summed E-state index contributed by atoms with van der Waals surface area (Å²) in [6.07, 6.45) is 2.49. The Morgan fingerprint density at radius 1 is 1.24 bits per heavy atom. The summed E-state index contributed by atoms with van der Waals surface area (Å²) < 4.78 is 6.18. The first-order chi connectivity index (χ1) is 9.87. The topological polar surface area (TPSA) is 29.5 Å². The molecule has 1 heterocycles. The van der Waals surface area contributed by atoms with E-state index in [4.69, 9.17) is 4.74 Å². The summed E-state index contributed by atoms with van der Waals surface area (Å²) in [5.74, 6) is 1.24. The summed E-state index contributed by atoms with van der Waals surface area (Å²) in [5, 5.41) is 0. The minimum Gasteiger partial charge on any atom is -0.487 e. The second-order valence-corrected chi connectivity index (χ2v) is 6.69. The van der Waals surface area contributed by atoms with Crippen molar-refractivity contribution in [1.82, 2.24) is 4.90 Å². The van der Waals surface area contributed by atoms with E-state index in [1.54, 1.807) is 0 Å². The lowest BCUT2D eigenvalue weighted by molar-refractivity contribution is -0.131. The van der Waals surface area contributed by atoms with Gasteiger partial charge < -0.3 is 4.74 Å². The maximum atomic E-state index is 12.1. The van der Waals surface area contributed by atoms with E-state index in [0.29, 0.717) is 12.2 Å². The number of ether oxygens (including phenoxy) is 1. The van der Waals surface area contributed by atoms with Crippen LogP contribution in [0.25, 0.3) is 0 Å². The van der Waals surface area contributed by atoms with E-state index < -0.39 is 0 Å². The highest BCUT2D eigenvalue weighted by Crippen LogP contribution is 2.31. The predicted molar refractivity (Wildman–Crippen MR) is 85.7 cm³/mol. The van der Waals surface area contributed by atoms with Gasteiger partial charge in [0.1, 0.15) is 11.4 Å². The normalized spacial score (nSPS) is 19.2. The number of nitrogens with zero attached hydrogens (tertiary/aromatic N) is 1. The van der Waals surface area contributed by atoms with Gasteiger partial charge in [0.2, 0.25) is 0 Å². The van der Waals surface area contributed by atoms with Crippen molar-refractivity contribution in [3.63, 3.8) is 0 Å². The number of ketones is 1. The van der Waals surface area contributed by atoms with Gasteiger partial charge in [-0.25, -0.2) is 0 Å². The molecule has 3 heteroatoms. The zero-order valence-corrected chi connectivity index (χ0v) is 13.7. The van der Waals surface area contributed by atoms with Gasteiger partial charge >= 0.3 is 0 Å². The van der Waals surface area contributed by atoms with Gasteiger partial charge in [-0.2, -0.15) is 0 Å². The molecule has 0 aliphatic carbocycles. The molecular weight excluding hydrogens is 262 g/mol. The van der Waals surface area contributed by atoms with E-state index in [9.17, 15) is 4.79 Å². The van der Waals surface area contributed by atoms with Crippen molar-refractivity contribution in [2.75, 3.05) is 13.1 Å². The Bertz CT molecular complexity index is 473. The largest absolute Gasteiger partial charge is 0.487 e. The molecule has 0 bridgehead atoms. The molecule has 0 saturated carbocycles. The van der Waals surface area contributed by atoms with Crippen LogP contribution in [0.1, 0.15) is 47.0 Å². The molecule has 0 radical (unpaired) electrons. The van der Waals surface area contributed by atoms with Crippen molar-refractivity contribution in [3.05, 3.63) is 30.3 Å². The first-order valence-corrected chi connectivity index (χ1v) is 7.90. The van der Waals surface area contributed by atoms with Crippen LogP contribution < -0.4 is 4.74 Å². The Hall–Kier alpha value is -1.35. The van der Waals surface area contributed by atoms with Crippen molar-refractivity contribution < 1.29 is 9.53 Å². The number of hydrogen-bond donors (Lipinski definition) is 0. The third-order valence-electron chi connectivity index (χ3n) is 4.72. The van der Waals surface area contributed by atoms with Gasteiger partial charge in [0.15, 0.2) is 5.78 Å². The summed E-state index contributed by atoms with van der Waals surface area (Å²) in [4.78, 5) is 14.4. The molecule has 1 aliphatic heterocycles. The van der Waals surface area contributed by atoms with E-state index in [0.717, 1.165) is 31.7 Å². The fourth-order valence-corrected chi connectivity index (χ4v) is 3.02. The molecule has 0 N–H and O–H groups in total. The molecule has 0 spiro atoms. The van der Waals surface area contributed by atoms with Crippen molar-refractivity contribution in [1.29, 1.82) is 0 Å². The van der Waals surface area contributed by atoms with Crippen molar-refractivity contribution in [2.45, 2.75) is 58.1 Å². The van der Waals surface area contributed by atoms with Crippen molar-refractivity contribution in [3.8, 4) is 5.75 Å². The van der Waals surface area contributed by atoms with Gasteiger partial charge in [-0.15, -0.1) is 0 Å². The Morgan fingerprint density at radius 3 is 2.33 bits per heavy atom. The molecular formula is C18H27NO2. The minimum absolute atomic E-state index is 0.136. The van der Waals surface area contributed by atoms with Gasteiger partial charge in [-0.1, -0.05) is 25.1 Å². The molecule has 1 aromatic rings. The van der Waals surface area contributed by atoms with Crippen LogP contribution in [0.2, 0.25) is 0 Å². The van der Waals surface area contributed by atoms with Crippen molar-refractivity contribution in [2.24, 2.45) is 0 Å². The lowest BCUT2D eigenvalue weighted by Crippen LogP contribution is -2.56. The Morgan fingerprint density at radius 2 is 1.81 bits per heavy atom. The maximum Gasteiger partial charge on any atom is 0.152 e. The molecule has 3 nitrogen and oxygen atoms in total. The molecule has 1 aromatic carbocycles. The van der Waals surface area contributed by atoms with Gasteiger partial charge in [0, 0.05) is 19.5 Å². The smallest absolute Gasteiger partial charge is 0.152 e. The highest BCUT2D eigenvalue weighted by atomic mass is 16.5. The second kappa shape index (κ2) is 6.18. The molecule has 0 amide bonds. The summed E-state index contributed by atoms with van der Waals surface area (Å²) in [6, 6.07) is 9.99. The Balaban J connectivity index is 1.98. The zero-order chi connectivity index (χ0) is 15.5. The summed E-state index contributed by atoms with van der Waals surface area (Å²) in [5.41, 5.74) is -0.494. The number of para-hydroxylation sites is 1. The second-order valence-electron chi connectivity index (χ2n) is 6.69. The van der Waals surface area contributed by atoms with Gasteiger partial charge in [0.25, 0.3) is 0 Å². The van der Waals surface area contributed by atoms with Gasteiger partial charge in [-0.3, -0.25) is 9.69 Å². The first kappa shape index (κ1) is 16.0. The SMILES string of the molecule is CCC(=O)C(C)(C)N1CCC(C)(Oc2ccccc2)CC1. The van der Waals surface area contributed by atoms with E-state index >= 15 is 0 Å². The summed E-state index contributed by atoms with van der Waals surface area (Å²) in [6.45, 7) is 10.0. The molecule has 116 valence electrons. The molecule has 1 aliphatic rings. The Kier molecular flexibility index (Phi) is 4.72. The number of carbonyl (C=O) groups excluding carboxylic acids is 1. The number of carbonyl (C=O) groups is 1. The molecule has 0 unspecified atom stereocenters. The molecule has 21 heavy (non-hydrogen) atoms. The van der Waals surface area contributed by atoms with Gasteiger partial charge in [-0.05, 0) is 45.7 Å². The highest BCUT2D eigenvalue weighted by molar-refractivity contribution is 5.87. The average Bonchev–Trinajstić information content (AvgIpc) is 2.47. The van der Waals surface area contributed by atoms with Crippen LogP contribution >= 0.6 is 0 Å². The number of benzene rings is 1. The van der Waals surface area contributed by atoms with E-state index in [1.807, 2.05) is 51.1 Å². The van der Waals surface area contributed by atoms with Crippen LogP contribution in [0.3, 0.4) is 0 Å². The molecule has 0 atom stereocenters. The van der Waals surface area contributed by atoms with Crippen LogP contribution in [-0.2, 0) is 4.79 Å². The highest BCUT2D eigenvalue weighted by Gasteiger charge is 2.39. The summed E-state index contributed by atoms with van der Waals surface area (Å²) in [7, 11) is 0. The lowest BCUT2D eigenvalue weighted by Gasteiger charge is -2.45. The van der Waals surface area contributed by atoms with E-state index in [-0.39, 0.29) is 11.1 Å². The van der Waals surface area contributed by atoms with Crippen LogP contribution in [0.15, 0.2) is 30.3 Å². The number of rotatable bonds is 5. The average molecular weight is 289 g/mol. The molecule has 0 aromatic heterocycles. The number of Topliss-reactive ketones (excluding diaryl/α,β-unsaturated/α-hetero) is 1. The molecule has 1 saturated heterocycles. The Labute approximate surface area is 128 Å². The predicted octanol–water partition coefficient (Wildman–Crippen LogP) is 3.68. The standard InChI is InChI=1S/C18H27NO2/c1-5-16(20)17(2,3)19-13-11-18(4,12-14-19)21-15-9-7-6-8-10-15/h6-10H,5,11-14H2,1-4H3. The third kappa shape index (κ3) is 3.65. The third-order valence-corrected chi connectivity index (χ3v) is 4.72. The zero-order valence-electron chi connectivity index (χ0n) is 13.7. The quantitative estimate of drug-likeness (QED) is 0.828. The van der Waals surface area contributed by atoms with E-state index in [2.05, 4.69) is 11.8 Å². The summed E-state index contributed by atoms with van der Waals surface area (Å²) >= 11 is 0. The van der Waals surface area contributed by atoms with Crippen LogP contribution in [0, 0.1) is 0 Å². The van der Waals surface area contributed by atoms with Crippen molar-refractivity contribution >= 4 is 5.78 Å². The van der Waals surface area contributed by atoms with Crippen LogP contribution in [-0.4, -0.2) is 34.9 Å². The minimum atomic E-state index is -0.358. The van der Waals surface area contributed by atoms with Gasteiger partial charge in [0.05, 0.1) is 5.54 Å². The monoisotopic (exact) mass is 289 g/mol. The van der Waals surface area contributed by atoms with E-state index in [1.165, 1.54) is 0 Å². The van der Waals surface area contributed by atoms with Crippen LogP contribution in [0.4, 0.5) is 0 Å². The fraction of sp³-hybridized carbons (Fsp3) is 0.611. The maximum absolute atomic E-state index is 12.1. The number of hydrogen-bond acceptors (Lipinski definition) is 3. The molecule has 1 fully saturated rings. The van der Waals surface area contributed by atoms with Crippen LogP contribution in [0.5, 0.6) is 5.75 Å². The number of likely N-dealkylation sites (tertiary alicyclic amines) is 1. The fourth-order valence-electron chi connectivity index (χ4n) is 3.02. The number of piperidine rings is 1. The molecule has 2 rings (SSSR count). The lowest BCUT2D eigenvalue weighted by atomic mass is 9.87.